The standard InChI is InChI=1S/C6H14O.C4H10O2.C2H4O2/c1-3-5-7-6-4-2;5-3-1-2-4-6;1-2(3)4/h3-6H2,1-2H3;5-6H,1-4H2;1H3,(H,3,4). The van der Waals surface area contributed by atoms with Crippen LogP contribution in [0.25, 0.3) is 0 Å². The maximum absolute atomic E-state index is 9.00. The predicted octanol–water partition coefficient (Wildman–Crippen LogP) is 1.67. The molecule has 3 N–H and O–H groups in total. The molecule has 17 heavy (non-hydrogen) atoms. The van der Waals surface area contributed by atoms with Gasteiger partial charge in [-0.05, 0) is 25.7 Å². The van der Waals surface area contributed by atoms with Crippen LogP contribution in [0.3, 0.4) is 0 Å². The molecule has 0 fully saturated rings. The minimum atomic E-state index is -0.833. The van der Waals surface area contributed by atoms with Crippen LogP contribution in [-0.2, 0) is 9.53 Å². The molecule has 0 aromatic heterocycles. The van der Waals surface area contributed by atoms with Gasteiger partial charge < -0.3 is 20.1 Å². The Morgan fingerprint density at radius 2 is 1.29 bits per heavy atom. The van der Waals surface area contributed by atoms with E-state index in [1.54, 1.807) is 0 Å². The van der Waals surface area contributed by atoms with Gasteiger partial charge in [-0.15, -0.1) is 0 Å². The number of carboxylic acid groups (broad SMARTS) is 1. The quantitative estimate of drug-likeness (QED) is 0.600. The maximum atomic E-state index is 9.00. The predicted molar refractivity (Wildman–Crippen MR) is 68.1 cm³/mol. The molecule has 0 amide bonds. The number of ether oxygens (including phenoxy) is 1. The second-order valence-corrected chi connectivity index (χ2v) is 3.29. The summed E-state index contributed by atoms with van der Waals surface area (Å²) in [6, 6.07) is 0. The molecular formula is C12H28O5. The van der Waals surface area contributed by atoms with Gasteiger partial charge in [0.15, 0.2) is 0 Å². The zero-order valence-corrected chi connectivity index (χ0v) is 11.3. The molecule has 0 saturated carbocycles. The van der Waals surface area contributed by atoms with Gasteiger partial charge in [-0.25, -0.2) is 0 Å². The Kier molecular flexibility index (Phi) is 31.2. The lowest BCUT2D eigenvalue weighted by Crippen LogP contribution is -1.92. The summed E-state index contributed by atoms with van der Waals surface area (Å²) in [5.41, 5.74) is 0. The minimum absolute atomic E-state index is 0.195. The SMILES string of the molecule is CC(=O)O.CCCOCCC.OCCCCO. The number of hydrogen-bond donors (Lipinski definition) is 3. The van der Waals surface area contributed by atoms with E-state index < -0.39 is 5.97 Å². The maximum Gasteiger partial charge on any atom is 0.300 e. The van der Waals surface area contributed by atoms with E-state index in [4.69, 9.17) is 24.9 Å². The van der Waals surface area contributed by atoms with Crippen molar-refractivity contribution in [2.24, 2.45) is 0 Å². The van der Waals surface area contributed by atoms with Gasteiger partial charge in [0.2, 0.25) is 0 Å². The second-order valence-electron chi connectivity index (χ2n) is 3.29. The van der Waals surface area contributed by atoms with Gasteiger partial charge in [-0.2, -0.15) is 0 Å². The molecule has 0 aromatic rings. The van der Waals surface area contributed by atoms with Crippen molar-refractivity contribution in [2.45, 2.75) is 46.5 Å². The molecule has 0 bridgehead atoms. The summed E-state index contributed by atoms with van der Waals surface area (Å²) in [5.74, 6) is -0.833. The fourth-order valence-corrected chi connectivity index (χ4v) is 0.614. The molecule has 0 heterocycles. The molecule has 0 rings (SSSR count). The molecule has 0 radical (unpaired) electrons. The van der Waals surface area contributed by atoms with E-state index in [2.05, 4.69) is 13.8 Å². The van der Waals surface area contributed by atoms with E-state index in [1.807, 2.05) is 0 Å². The van der Waals surface area contributed by atoms with Crippen molar-refractivity contribution in [1.82, 2.24) is 0 Å². The van der Waals surface area contributed by atoms with E-state index in [-0.39, 0.29) is 13.2 Å². The molecule has 0 spiro atoms. The molecule has 0 unspecified atom stereocenters. The van der Waals surface area contributed by atoms with Crippen LogP contribution in [0.1, 0.15) is 46.5 Å². The Morgan fingerprint density at radius 3 is 1.47 bits per heavy atom. The number of aliphatic hydroxyl groups excluding tert-OH is 2. The first-order chi connectivity index (χ1) is 8.06. The molecule has 106 valence electrons. The zero-order chi connectivity index (χ0) is 13.9. The van der Waals surface area contributed by atoms with Crippen molar-refractivity contribution in [3.8, 4) is 0 Å². The average Bonchev–Trinajstić information content (AvgIpc) is 2.27. The third kappa shape index (κ3) is 67.8. The highest BCUT2D eigenvalue weighted by atomic mass is 16.5. The number of aliphatic carboxylic acids is 1. The lowest BCUT2D eigenvalue weighted by molar-refractivity contribution is -0.134. The topological polar surface area (TPSA) is 87.0 Å². The fraction of sp³-hybridized carbons (Fsp3) is 0.917. The molecular weight excluding hydrogens is 224 g/mol. The Bertz CT molecular complexity index is 116. The first-order valence-corrected chi connectivity index (χ1v) is 6.05. The van der Waals surface area contributed by atoms with Gasteiger partial charge in [0.1, 0.15) is 0 Å². The van der Waals surface area contributed by atoms with E-state index in [0.717, 1.165) is 45.8 Å². The smallest absolute Gasteiger partial charge is 0.300 e. The largest absolute Gasteiger partial charge is 0.481 e. The molecule has 5 heteroatoms. The first-order valence-electron chi connectivity index (χ1n) is 6.05. The molecule has 0 aliphatic heterocycles. The van der Waals surface area contributed by atoms with E-state index >= 15 is 0 Å². The Labute approximate surface area is 104 Å². The van der Waals surface area contributed by atoms with Gasteiger partial charge in [-0.1, -0.05) is 13.8 Å². The van der Waals surface area contributed by atoms with Crippen molar-refractivity contribution < 1.29 is 24.9 Å². The van der Waals surface area contributed by atoms with Crippen LogP contribution < -0.4 is 0 Å². The van der Waals surface area contributed by atoms with Crippen LogP contribution in [0.2, 0.25) is 0 Å². The number of carboxylic acids is 1. The molecule has 5 nitrogen and oxygen atoms in total. The Morgan fingerprint density at radius 1 is 1.00 bits per heavy atom. The summed E-state index contributed by atoms with van der Waals surface area (Å²) in [6.07, 6.45) is 3.72. The van der Waals surface area contributed by atoms with Crippen LogP contribution in [-0.4, -0.2) is 47.7 Å². The van der Waals surface area contributed by atoms with E-state index in [0.29, 0.717) is 0 Å². The number of hydrogen-bond acceptors (Lipinski definition) is 4. The van der Waals surface area contributed by atoms with Gasteiger partial charge >= 0.3 is 0 Å². The van der Waals surface area contributed by atoms with E-state index in [1.165, 1.54) is 0 Å². The van der Waals surface area contributed by atoms with Crippen molar-refractivity contribution in [1.29, 1.82) is 0 Å². The molecule has 0 aliphatic rings. The number of aliphatic hydroxyl groups is 2. The summed E-state index contributed by atoms with van der Waals surface area (Å²) in [5, 5.41) is 23.6. The average molecular weight is 252 g/mol. The number of carbonyl (C=O) groups is 1. The van der Waals surface area contributed by atoms with Crippen LogP contribution in [0, 0.1) is 0 Å². The van der Waals surface area contributed by atoms with Crippen LogP contribution >= 0.6 is 0 Å². The molecule has 0 aliphatic carbocycles. The summed E-state index contributed by atoms with van der Waals surface area (Å²) < 4.78 is 5.13. The molecule has 0 saturated heterocycles. The van der Waals surface area contributed by atoms with Crippen molar-refractivity contribution in [3.05, 3.63) is 0 Å². The van der Waals surface area contributed by atoms with Crippen LogP contribution in [0.15, 0.2) is 0 Å². The monoisotopic (exact) mass is 252 g/mol. The van der Waals surface area contributed by atoms with Gasteiger partial charge in [-0.3, -0.25) is 4.79 Å². The van der Waals surface area contributed by atoms with Crippen molar-refractivity contribution in [3.63, 3.8) is 0 Å². The highest BCUT2D eigenvalue weighted by Crippen LogP contribution is 1.81. The van der Waals surface area contributed by atoms with E-state index in [9.17, 15) is 0 Å². The summed E-state index contributed by atoms with van der Waals surface area (Å²) in [7, 11) is 0. The normalized spacial score (nSPS) is 8.53. The first kappa shape index (κ1) is 21.6. The van der Waals surface area contributed by atoms with Gasteiger partial charge in [0.25, 0.3) is 5.97 Å². The Balaban J connectivity index is -0.000000180. The lowest BCUT2D eigenvalue weighted by Gasteiger charge is -1.95. The molecule has 0 aromatic carbocycles. The van der Waals surface area contributed by atoms with Crippen LogP contribution in [0.5, 0.6) is 0 Å². The Hall–Kier alpha value is -0.650. The number of rotatable bonds is 7. The fourth-order valence-electron chi connectivity index (χ4n) is 0.614. The minimum Gasteiger partial charge on any atom is -0.481 e. The zero-order valence-electron chi connectivity index (χ0n) is 11.3. The van der Waals surface area contributed by atoms with Gasteiger partial charge in [0.05, 0.1) is 0 Å². The lowest BCUT2D eigenvalue weighted by atomic mass is 10.3. The highest BCUT2D eigenvalue weighted by molar-refractivity contribution is 5.62. The van der Waals surface area contributed by atoms with Crippen LogP contribution in [0.4, 0.5) is 0 Å². The summed E-state index contributed by atoms with van der Waals surface area (Å²) >= 11 is 0. The third-order valence-corrected chi connectivity index (χ3v) is 1.26. The van der Waals surface area contributed by atoms with Gasteiger partial charge in [0, 0.05) is 33.4 Å². The second kappa shape index (κ2) is 24.5. The van der Waals surface area contributed by atoms with Crippen molar-refractivity contribution >= 4 is 5.97 Å². The van der Waals surface area contributed by atoms with Crippen molar-refractivity contribution in [2.75, 3.05) is 26.4 Å². The summed E-state index contributed by atoms with van der Waals surface area (Å²) in [4.78, 5) is 9.00. The third-order valence-electron chi connectivity index (χ3n) is 1.26. The highest BCUT2D eigenvalue weighted by Gasteiger charge is 1.78. The summed E-state index contributed by atoms with van der Waals surface area (Å²) in [6.45, 7) is 7.56. The molecule has 0 atom stereocenters. The number of unbranched alkanes of at least 4 members (excludes halogenated alkanes) is 1.